The Hall–Kier alpha value is -3.86. The summed E-state index contributed by atoms with van der Waals surface area (Å²) in [5, 5.41) is 5.96. The number of aromatic amines is 1. The zero-order chi connectivity index (χ0) is 18.6. The molecule has 1 heterocycles. The number of hydrogen-bond donors (Lipinski definition) is 2. The molecule has 0 bridgehead atoms. The molecule has 4 aromatic rings. The molecule has 0 aliphatic carbocycles. The van der Waals surface area contributed by atoms with Crippen molar-refractivity contribution in [2.75, 3.05) is 5.32 Å². The number of hydrogen-bond acceptors (Lipinski definition) is 2. The lowest BCUT2D eigenvalue weighted by Gasteiger charge is -2.07. The Morgan fingerprint density at radius 2 is 1.44 bits per heavy atom. The number of nitrogens with zero attached hydrogens (tertiary/aromatic N) is 1. The molecule has 5 heteroatoms. The lowest BCUT2D eigenvalue weighted by atomic mass is 10.2. The first kappa shape index (κ1) is 16.6. The number of aromatic nitrogens is 2. The van der Waals surface area contributed by atoms with Crippen LogP contribution in [0.15, 0.2) is 95.8 Å². The fourth-order valence-electron chi connectivity index (χ4n) is 2.84. The molecule has 0 spiro atoms. The summed E-state index contributed by atoms with van der Waals surface area (Å²) in [5.41, 5.74) is 3.50. The fourth-order valence-corrected chi connectivity index (χ4v) is 2.84. The van der Waals surface area contributed by atoms with Crippen molar-refractivity contribution in [3.05, 3.63) is 107 Å². The minimum atomic E-state index is -0.174. The van der Waals surface area contributed by atoms with Crippen LogP contribution in [0.5, 0.6) is 0 Å². The van der Waals surface area contributed by atoms with Gasteiger partial charge in [-0.3, -0.25) is 14.7 Å². The van der Waals surface area contributed by atoms with E-state index >= 15 is 0 Å². The molecule has 0 fully saturated rings. The van der Waals surface area contributed by atoms with E-state index in [0.717, 1.165) is 11.3 Å². The van der Waals surface area contributed by atoms with Crippen LogP contribution in [0.3, 0.4) is 0 Å². The van der Waals surface area contributed by atoms with Gasteiger partial charge in [-0.15, -0.1) is 0 Å². The molecular weight excluding hydrogens is 338 g/mol. The summed E-state index contributed by atoms with van der Waals surface area (Å²) in [6, 6.07) is 27.4. The quantitative estimate of drug-likeness (QED) is 0.579. The summed E-state index contributed by atoms with van der Waals surface area (Å²) in [5.74, 6) is -0.174. The van der Waals surface area contributed by atoms with E-state index in [4.69, 9.17) is 0 Å². The normalized spacial score (nSPS) is 10.5. The number of benzene rings is 3. The maximum Gasteiger partial charge on any atom is 0.271 e. The largest absolute Gasteiger partial charge is 0.322 e. The summed E-state index contributed by atoms with van der Waals surface area (Å²) in [6.45, 7) is 0. The van der Waals surface area contributed by atoms with E-state index in [1.165, 1.54) is 4.68 Å². The highest BCUT2D eigenvalue weighted by atomic mass is 16.1. The number of amides is 1. The lowest BCUT2D eigenvalue weighted by Crippen LogP contribution is -2.14. The zero-order valence-electron chi connectivity index (χ0n) is 14.4. The van der Waals surface area contributed by atoms with E-state index in [1.54, 1.807) is 42.5 Å². The van der Waals surface area contributed by atoms with Crippen molar-refractivity contribution < 1.29 is 4.79 Å². The van der Waals surface area contributed by atoms with Crippen LogP contribution < -0.4 is 10.9 Å². The third kappa shape index (κ3) is 3.57. The SMILES string of the molecule is O=C(Nc1ccc(-n2[nH]c(-c3ccccc3)cc2=O)cc1)c1ccccc1. The van der Waals surface area contributed by atoms with Crippen LogP contribution in [0.1, 0.15) is 10.4 Å². The summed E-state index contributed by atoms with van der Waals surface area (Å²) in [6.07, 6.45) is 0. The summed E-state index contributed by atoms with van der Waals surface area (Å²) in [7, 11) is 0. The van der Waals surface area contributed by atoms with Gasteiger partial charge in [0.05, 0.1) is 11.4 Å². The molecule has 0 radical (unpaired) electrons. The van der Waals surface area contributed by atoms with Crippen molar-refractivity contribution >= 4 is 11.6 Å². The highest BCUT2D eigenvalue weighted by Crippen LogP contribution is 2.17. The van der Waals surface area contributed by atoms with Gasteiger partial charge in [-0.25, -0.2) is 4.68 Å². The van der Waals surface area contributed by atoms with Crippen molar-refractivity contribution in [2.24, 2.45) is 0 Å². The van der Waals surface area contributed by atoms with Crippen LogP contribution in [-0.2, 0) is 0 Å². The van der Waals surface area contributed by atoms with Gasteiger partial charge >= 0.3 is 0 Å². The van der Waals surface area contributed by atoms with Gasteiger partial charge < -0.3 is 5.32 Å². The Kier molecular flexibility index (Phi) is 4.41. The molecule has 132 valence electrons. The van der Waals surface area contributed by atoms with Gasteiger partial charge in [0.15, 0.2) is 0 Å². The minimum Gasteiger partial charge on any atom is -0.322 e. The Bertz CT molecular complexity index is 1110. The summed E-state index contributed by atoms with van der Waals surface area (Å²) in [4.78, 5) is 24.5. The molecular formula is C22H17N3O2. The lowest BCUT2D eigenvalue weighted by molar-refractivity contribution is 0.102. The van der Waals surface area contributed by atoms with Crippen LogP contribution in [0.4, 0.5) is 5.69 Å². The number of H-pyrrole nitrogens is 1. The van der Waals surface area contributed by atoms with E-state index in [0.29, 0.717) is 16.9 Å². The molecule has 2 N–H and O–H groups in total. The number of rotatable bonds is 4. The van der Waals surface area contributed by atoms with E-state index < -0.39 is 0 Å². The average molecular weight is 355 g/mol. The van der Waals surface area contributed by atoms with E-state index in [1.807, 2.05) is 48.5 Å². The van der Waals surface area contributed by atoms with Crippen molar-refractivity contribution in [1.82, 2.24) is 9.78 Å². The molecule has 0 atom stereocenters. The molecule has 3 aromatic carbocycles. The molecule has 4 rings (SSSR count). The van der Waals surface area contributed by atoms with Crippen molar-refractivity contribution in [2.45, 2.75) is 0 Å². The first-order valence-corrected chi connectivity index (χ1v) is 8.55. The monoisotopic (exact) mass is 355 g/mol. The van der Waals surface area contributed by atoms with Crippen LogP contribution in [-0.4, -0.2) is 15.7 Å². The van der Waals surface area contributed by atoms with Gasteiger partial charge in [-0.1, -0.05) is 48.5 Å². The number of nitrogens with one attached hydrogen (secondary N) is 2. The Labute approximate surface area is 155 Å². The maximum atomic E-state index is 12.3. The first-order chi connectivity index (χ1) is 13.2. The highest BCUT2D eigenvalue weighted by Gasteiger charge is 2.08. The first-order valence-electron chi connectivity index (χ1n) is 8.55. The molecule has 0 aliphatic heterocycles. The molecule has 1 aromatic heterocycles. The fraction of sp³-hybridized carbons (Fsp3) is 0. The minimum absolute atomic E-state index is 0.144. The molecule has 0 saturated carbocycles. The third-order valence-corrected chi connectivity index (χ3v) is 4.22. The topological polar surface area (TPSA) is 66.9 Å². The molecule has 0 saturated heterocycles. The summed E-state index contributed by atoms with van der Waals surface area (Å²) >= 11 is 0. The van der Waals surface area contributed by atoms with Crippen molar-refractivity contribution in [3.8, 4) is 16.9 Å². The Balaban J connectivity index is 1.55. The van der Waals surface area contributed by atoms with Crippen LogP contribution >= 0.6 is 0 Å². The van der Waals surface area contributed by atoms with E-state index in [9.17, 15) is 9.59 Å². The standard InChI is InChI=1S/C22H17N3O2/c26-21-15-20(16-7-3-1-4-8-16)24-25(21)19-13-11-18(12-14-19)23-22(27)17-9-5-2-6-10-17/h1-15,24H,(H,23,27). The molecule has 1 amide bonds. The molecule has 5 nitrogen and oxygen atoms in total. The molecule has 0 aliphatic rings. The highest BCUT2D eigenvalue weighted by molar-refractivity contribution is 6.04. The maximum absolute atomic E-state index is 12.3. The Morgan fingerprint density at radius 1 is 0.815 bits per heavy atom. The second-order valence-electron chi connectivity index (χ2n) is 6.08. The van der Waals surface area contributed by atoms with Crippen LogP contribution in [0, 0.1) is 0 Å². The molecule has 0 unspecified atom stereocenters. The van der Waals surface area contributed by atoms with E-state index in [-0.39, 0.29) is 11.5 Å². The second kappa shape index (κ2) is 7.17. The zero-order valence-corrected chi connectivity index (χ0v) is 14.4. The van der Waals surface area contributed by atoms with Crippen LogP contribution in [0.2, 0.25) is 0 Å². The van der Waals surface area contributed by atoms with E-state index in [2.05, 4.69) is 10.4 Å². The predicted octanol–water partition coefficient (Wildman–Crippen LogP) is 4.08. The van der Waals surface area contributed by atoms with Crippen molar-refractivity contribution in [1.29, 1.82) is 0 Å². The second-order valence-corrected chi connectivity index (χ2v) is 6.08. The van der Waals surface area contributed by atoms with Gasteiger partial charge in [0.2, 0.25) is 0 Å². The third-order valence-electron chi connectivity index (χ3n) is 4.22. The average Bonchev–Trinajstić information content (AvgIpc) is 3.11. The van der Waals surface area contributed by atoms with Gasteiger partial charge in [0.25, 0.3) is 11.5 Å². The van der Waals surface area contributed by atoms with Gasteiger partial charge in [-0.05, 0) is 42.0 Å². The van der Waals surface area contributed by atoms with Crippen molar-refractivity contribution in [3.63, 3.8) is 0 Å². The van der Waals surface area contributed by atoms with Gasteiger partial charge in [0, 0.05) is 17.3 Å². The predicted molar refractivity (Wildman–Crippen MR) is 106 cm³/mol. The number of anilines is 1. The Morgan fingerprint density at radius 3 is 2.11 bits per heavy atom. The number of carbonyl (C=O) groups is 1. The smallest absolute Gasteiger partial charge is 0.271 e. The van der Waals surface area contributed by atoms with Gasteiger partial charge in [-0.2, -0.15) is 0 Å². The molecule has 27 heavy (non-hydrogen) atoms. The number of carbonyl (C=O) groups excluding carboxylic acids is 1. The summed E-state index contributed by atoms with van der Waals surface area (Å²) < 4.78 is 1.48. The van der Waals surface area contributed by atoms with Gasteiger partial charge in [0.1, 0.15) is 0 Å². The van der Waals surface area contributed by atoms with Crippen LogP contribution in [0.25, 0.3) is 16.9 Å².